The highest BCUT2D eigenvalue weighted by atomic mass is 32.2. The van der Waals surface area contributed by atoms with Crippen LogP contribution in [0.5, 0.6) is 0 Å². The number of hydrogen-bond acceptors (Lipinski definition) is 4. The lowest BCUT2D eigenvalue weighted by atomic mass is 9.85. The predicted molar refractivity (Wildman–Crippen MR) is 98.9 cm³/mol. The Kier molecular flexibility index (Phi) is 6.49. The van der Waals surface area contributed by atoms with Gasteiger partial charge < -0.3 is 4.74 Å². The van der Waals surface area contributed by atoms with Crippen molar-refractivity contribution in [3.63, 3.8) is 0 Å². The second-order valence-corrected chi connectivity index (χ2v) is 9.21. The van der Waals surface area contributed by atoms with E-state index >= 15 is 0 Å². The normalized spacial score (nSPS) is 23.6. The Morgan fingerprint density at radius 1 is 1.16 bits per heavy atom. The quantitative estimate of drug-likeness (QED) is 0.841. The lowest BCUT2D eigenvalue weighted by Crippen LogP contribution is -2.42. The average molecular weight is 367 g/mol. The number of hydrogen-bond donors (Lipinski definition) is 1. The van der Waals surface area contributed by atoms with Gasteiger partial charge in [0.15, 0.2) is 0 Å². The Morgan fingerprint density at radius 2 is 1.88 bits per heavy atom. The molecule has 1 N–H and O–H groups in total. The summed E-state index contributed by atoms with van der Waals surface area (Å²) in [6.07, 6.45) is 8.42. The Balaban J connectivity index is 1.53. The maximum absolute atomic E-state index is 11.8. The zero-order chi connectivity index (χ0) is 17.7. The van der Waals surface area contributed by atoms with Crippen LogP contribution in [0.3, 0.4) is 0 Å². The number of benzene rings is 1. The molecule has 25 heavy (non-hydrogen) atoms. The summed E-state index contributed by atoms with van der Waals surface area (Å²) in [5.74, 6) is 0.838. The average Bonchev–Trinajstić information content (AvgIpc) is 2.63. The Bertz CT molecular complexity index is 639. The van der Waals surface area contributed by atoms with Gasteiger partial charge in [0.2, 0.25) is 10.0 Å². The molecule has 3 rings (SSSR count). The molecule has 140 valence electrons. The fourth-order valence-electron chi connectivity index (χ4n) is 4.01. The fourth-order valence-corrected chi connectivity index (χ4v) is 4.74. The van der Waals surface area contributed by atoms with Gasteiger partial charge in [0.1, 0.15) is 0 Å². The smallest absolute Gasteiger partial charge is 0.240 e. The van der Waals surface area contributed by atoms with E-state index in [0.717, 1.165) is 37.7 Å². The van der Waals surface area contributed by atoms with Crippen molar-refractivity contribution in [3.8, 4) is 0 Å². The monoisotopic (exact) mass is 366 g/mol. The van der Waals surface area contributed by atoms with Gasteiger partial charge in [-0.1, -0.05) is 44.2 Å². The van der Waals surface area contributed by atoms with Gasteiger partial charge in [-0.15, -0.1) is 0 Å². The molecule has 1 heterocycles. The summed E-state index contributed by atoms with van der Waals surface area (Å²) in [4.78, 5) is 2.74. The van der Waals surface area contributed by atoms with E-state index in [9.17, 15) is 8.42 Å². The van der Waals surface area contributed by atoms with Crippen molar-refractivity contribution in [1.82, 2.24) is 9.62 Å². The Morgan fingerprint density at radius 3 is 2.56 bits per heavy atom. The van der Waals surface area contributed by atoms with Crippen LogP contribution in [0.2, 0.25) is 0 Å². The third kappa shape index (κ3) is 5.26. The second-order valence-electron chi connectivity index (χ2n) is 7.32. The first kappa shape index (κ1) is 18.8. The number of nitrogens with zero attached hydrogens (tertiary/aromatic N) is 1. The van der Waals surface area contributed by atoms with Crippen LogP contribution in [-0.2, 0) is 21.3 Å². The van der Waals surface area contributed by atoms with Crippen molar-refractivity contribution in [2.45, 2.75) is 56.1 Å². The summed E-state index contributed by atoms with van der Waals surface area (Å²) < 4.78 is 31.9. The molecular weight excluding hydrogens is 336 g/mol. The van der Waals surface area contributed by atoms with Gasteiger partial charge >= 0.3 is 0 Å². The van der Waals surface area contributed by atoms with E-state index in [2.05, 4.69) is 9.62 Å². The first-order valence-corrected chi connectivity index (χ1v) is 10.9. The molecule has 0 amide bonds. The molecule has 6 heteroatoms. The molecule has 2 fully saturated rings. The highest BCUT2D eigenvalue weighted by Gasteiger charge is 2.25. The molecule has 1 saturated heterocycles. The molecule has 0 unspecified atom stereocenters. The standard InChI is InChI=1S/C19H30N2O3S/c1-20-25(22,23)19-9-7-17(8-10-19)14-21-11-12-24-18(15-21)13-16-5-3-2-4-6-16/h7-10,16,18,20H,2-6,11-15H2,1H3/t18-/m0/s1. The molecule has 0 radical (unpaired) electrons. The minimum atomic E-state index is -3.36. The van der Waals surface area contributed by atoms with E-state index in [1.165, 1.54) is 45.6 Å². The van der Waals surface area contributed by atoms with Gasteiger partial charge in [-0.25, -0.2) is 13.1 Å². The van der Waals surface area contributed by atoms with Crippen molar-refractivity contribution >= 4 is 10.0 Å². The molecule has 0 bridgehead atoms. The molecule has 1 aliphatic heterocycles. The van der Waals surface area contributed by atoms with Crippen LogP contribution in [0.25, 0.3) is 0 Å². The number of ether oxygens (including phenoxy) is 1. The molecule has 1 aliphatic carbocycles. The first-order valence-electron chi connectivity index (χ1n) is 9.43. The zero-order valence-corrected chi connectivity index (χ0v) is 15.9. The molecule has 0 spiro atoms. The third-order valence-corrected chi connectivity index (χ3v) is 6.88. The lowest BCUT2D eigenvalue weighted by Gasteiger charge is -2.35. The number of morpholine rings is 1. The van der Waals surface area contributed by atoms with Crippen LogP contribution >= 0.6 is 0 Å². The highest BCUT2D eigenvalue weighted by molar-refractivity contribution is 7.89. The van der Waals surface area contributed by atoms with Crippen molar-refractivity contribution < 1.29 is 13.2 Å². The third-order valence-electron chi connectivity index (χ3n) is 5.45. The number of rotatable bonds is 6. The highest BCUT2D eigenvalue weighted by Crippen LogP contribution is 2.29. The predicted octanol–water partition coefficient (Wildman–Crippen LogP) is 2.77. The van der Waals surface area contributed by atoms with Crippen LogP contribution in [0.4, 0.5) is 0 Å². The summed E-state index contributed by atoms with van der Waals surface area (Å²) in [6, 6.07) is 7.19. The topological polar surface area (TPSA) is 58.6 Å². The van der Waals surface area contributed by atoms with E-state index in [0.29, 0.717) is 11.0 Å². The molecule has 0 aromatic heterocycles. The molecule has 2 aliphatic rings. The van der Waals surface area contributed by atoms with Gasteiger partial charge in [0.25, 0.3) is 0 Å². The van der Waals surface area contributed by atoms with Gasteiger partial charge in [-0.05, 0) is 37.1 Å². The van der Waals surface area contributed by atoms with Crippen LogP contribution in [0, 0.1) is 5.92 Å². The summed E-state index contributed by atoms with van der Waals surface area (Å²) in [6.45, 7) is 3.57. The summed E-state index contributed by atoms with van der Waals surface area (Å²) >= 11 is 0. The molecule has 1 aromatic carbocycles. The van der Waals surface area contributed by atoms with E-state index in [1.54, 1.807) is 12.1 Å². The first-order chi connectivity index (χ1) is 12.1. The minimum absolute atomic E-state index is 0.316. The van der Waals surface area contributed by atoms with E-state index in [1.807, 2.05) is 12.1 Å². The van der Waals surface area contributed by atoms with Crippen LogP contribution in [0.1, 0.15) is 44.1 Å². The lowest BCUT2D eigenvalue weighted by molar-refractivity contribution is -0.0439. The molecule has 1 atom stereocenters. The summed E-state index contributed by atoms with van der Waals surface area (Å²) in [7, 11) is -1.92. The van der Waals surface area contributed by atoms with Crippen LogP contribution in [0.15, 0.2) is 29.2 Å². The number of sulfonamides is 1. The van der Waals surface area contributed by atoms with Crippen molar-refractivity contribution in [2.75, 3.05) is 26.7 Å². The van der Waals surface area contributed by atoms with E-state index in [4.69, 9.17) is 4.74 Å². The van der Waals surface area contributed by atoms with Crippen LogP contribution < -0.4 is 4.72 Å². The maximum Gasteiger partial charge on any atom is 0.240 e. The zero-order valence-electron chi connectivity index (χ0n) is 15.1. The number of nitrogens with one attached hydrogen (secondary N) is 1. The largest absolute Gasteiger partial charge is 0.376 e. The van der Waals surface area contributed by atoms with Gasteiger partial charge in [-0.2, -0.15) is 0 Å². The van der Waals surface area contributed by atoms with Crippen molar-refractivity contribution in [2.24, 2.45) is 5.92 Å². The fraction of sp³-hybridized carbons (Fsp3) is 0.684. The molecule has 5 nitrogen and oxygen atoms in total. The van der Waals surface area contributed by atoms with Crippen molar-refractivity contribution in [3.05, 3.63) is 29.8 Å². The van der Waals surface area contributed by atoms with Gasteiger partial charge in [-0.3, -0.25) is 4.90 Å². The summed E-state index contributed by atoms with van der Waals surface area (Å²) in [5.41, 5.74) is 1.15. The van der Waals surface area contributed by atoms with Crippen LogP contribution in [-0.4, -0.2) is 46.2 Å². The molecule has 1 saturated carbocycles. The molecule has 1 aromatic rings. The minimum Gasteiger partial charge on any atom is -0.376 e. The van der Waals surface area contributed by atoms with E-state index < -0.39 is 10.0 Å². The summed E-state index contributed by atoms with van der Waals surface area (Å²) in [5, 5.41) is 0. The second kappa shape index (κ2) is 8.62. The Hall–Kier alpha value is -0.950. The maximum atomic E-state index is 11.8. The Labute approximate surface area is 151 Å². The van der Waals surface area contributed by atoms with Crippen molar-refractivity contribution in [1.29, 1.82) is 0 Å². The SMILES string of the molecule is CNS(=O)(=O)c1ccc(CN2CCO[C@@H](CC3CCCCC3)C2)cc1. The van der Waals surface area contributed by atoms with Gasteiger partial charge in [0, 0.05) is 19.6 Å². The molecular formula is C19H30N2O3S. The van der Waals surface area contributed by atoms with E-state index in [-0.39, 0.29) is 0 Å². The van der Waals surface area contributed by atoms with Gasteiger partial charge in [0.05, 0.1) is 17.6 Å².